The van der Waals surface area contributed by atoms with Gasteiger partial charge in [0.15, 0.2) is 0 Å². The van der Waals surface area contributed by atoms with Crippen LogP contribution >= 0.6 is 0 Å². The maximum atomic E-state index is 14.6. The predicted molar refractivity (Wildman–Crippen MR) is 91.5 cm³/mol. The van der Waals surface area contributed by atoms with E-state index in [1.165, 1.54) is 13.0 Å². The SMILES string of the molecule is CC(=O)NCc1ccc(-c2cn3c4c(nc3cc2F)CCOC4)cc1. The summed E-state index contributed by atoms with van der Waals surface area (Å²) in [7, 11) is 0. The van der Waals surface area contributed by atoms with E-state index in [1.807, 2.05) is 28.7 Å². The fourth-order valence-electron chi connectivity index (χ4n) is 3.09. The highest BCUT2D eigenvalue weighted by Crippen LogP contribution is 2.27. The maximum Gasteiger partial charge on any atom is 0.217 e. The summed E-state index contributed by atoms with van der Waals surface area (Å²) in [5, 5.41) is 2.75. The molecule has 0 atom stereocenters. The Bertz CT molecular complexity index is 947. The Labute approximate surface area is 144 Å². The highest BCUT2D eigenvalue weighted by Gasteiger charge is 2.18. The van der Waals surface area contributed by atoms with E-state index in [0.29, 0.717) is 31.0 Å². The number of nitrogens with one attached hydrogen (secondary N) is 1. The third-order valence-electron chi connectivity index (χ3n) is 4.42. The number of fused-ring (bicyclic) bond motifs is 3. The molecule has 0 spiro atoms. The molecule has 3 aromatic rings. The Hall–Kier alpha value is -2.73. The summed E-state index contributed by atoms with van der Waals surface area (Å²) in [6.45, 7) is 3.09. The first-order valence-electron chi connectivity index (χ1n) is 8.22. The molecule has 2 aromatic heterocycles. The van der Waals surface area contributed by atoms with E-state index in [-0.39, 0.29) is 11.7 Å². The van der Waals surface area contributed by atoms with E-state index in [1.54, 1.807) is 6.20 Å². The lowest BCUT2D eigenvalue weighted by Crippen LogP contribution is -2.18. The van der Waals surface area contributed by atoms with Gasteiger partial charge in [-0.1, -0.05) is 24.3 Å². The Morgan fingerprint density at radius 2 is 2.16 bits per heavy atom. The van der Waals surface area contributed by atoms with Crippen molar-refractivity contribution in [3.8, 4) is 11.1 Å². The van der Waals surface area contributed by atoms with Crippen LogP contribution in [0.2, 0.25) is 0 Å². The molecule has 3 heterocycles. The van der Waals surface area contributed by atoms with Crippen molar-refractivity contribution in [2.45, 2.75) is 26.5 Å². The number of ether oxygens (including phenoxy) is 1. The number of imidazole rings is 1. The van der Waals surface area contributed by atoms with Crippen LogP contribution in [0, 0.1) is 5.82 Å². The van der Waals surface area contributed by atoms with Crippen molar-refractivity contribution in [2.75, 3.05) is 6.61 Å². The number of rotatable bonds is 3. The predicted octanol–water partition coefficient (Wildman–Crippen LogP) is 2.85. The molecule has 0 aliphatic carbocycles. The Morgan fingerprint density at radius 1 is 1.36 bits per heavy atom. The standard InChI is InChI=1S/C19H18FN3O2/c1-12(24)21-9-13-2-4-14(5-3-13)15-10-23-18-11-25-7-6-17(18)22-19(23)8-16(15)20/h2-5,8,10H,6-7,9,11H2,1H3,(H,21,24). The summed E-state index contributed by atoms with van der Waals surface area (Å²) in [5.74, 6) is -0.377. The van der Waals surface area contributed by atoms with Gasteiger partial charge in [0.1, 0.15) is 11.5 Å². The minimum atomic E-state index is -0.301. The van der Waals surface area contributed by atoms with E-state index in [9.17, 15) is 9.18 Å². The van der Waals surface area contributed by atoms with E-state index in [4.69, 9.17) is 4.74 Å². The van der Waals surface area contributed by atoms with Crippen molar-refractivity contribution in [2.24, 2.45) is 0 Å². The zero-order valence-corrected chi connectivity index (χ0v) is 13.9. The number of pyridine rings is 1. The van der Waals surface area contributed by atoms with Crippen LogP contribution in [0.1, 0.15) is 23.9 Å². The van der Waals surface area contributed by atoms with Gasteiger partial charge in [-0.05, 0) is 11.1 Å². The molecule has 0 bridgehead atoms. The molecule has 1 amide bonds. The maximum absolute atomic E-state index is 14.6. The van der Waals surface area contributed by atoms with Crippen molar-refractivity contribution >= 4 is 11.6 Å². The number of hydrogen-bond donors (Lipinski definition) is 1. The van der Waals surface area contributed by atoms with Gasteiger partial charge in [0.25, 0.3) is 0 Å². The molecule has 5 nitrogen and oxygen atoms in total. The van der Waals surface area contributed by atoms with Crippen molar-refractivity contribution in [3.63, 3.8) is 0 Å². The number of nitrogens with zero attached hydrogens (tertiary/aromatic N) is 2. The van der Waals surface area contributed by atoms with Gasteiger partial charge in [-0.25, -0.2) is 9.37 Å². The van der Waals surface area contributed by atoms with E-state index in [0.717, 1.165) is 28.9 Å². The number of benzene rings is 1. The summed E-state index contributed by atoms with van der Waals surface area (Å²) in [4.78, 5) is 15.5. The topological polar surface area (TPSA) is 55.6 Å². The number of halogens is 1. The Morgan fingerprint density at radius 3 is 2.92 bits per heavy atom. The van der Waals surface area contributed by atoms with Crippen LogP contribution in [-0.4, -0.2) is 21.9 Å². The fraction of sp³-hybridized carbons (Fsp3) is 0.263. The second-order valence-electron chi connectivity index (χ2n) is 6.18. The number of amides is 1. The van der Waals surface area contributed by atoms with Gasteiger partial charge < -0.3 is 14.5 Å². The van der Waals surface area contributed by atoms with Crippen LogP contribution in [0.15, 0.2) is 36.5 Å². The molecule has 1 aliphatic rings. The summed E-state index contributed by atoms with van der Waals surface area (Å²) in [5.41, 5.74) is 4.85. The largest absolute Gasteiger partial charge is 0.375 e. The lowest BCUT2D eigenvalue weighted by Gasteiger charge is -2.12. The summed E-state index contributed by atoms with van der Waals surface area (Å²) in [6, 6.07) is 8.98. The van der Waals surface area contributed by atoms with Gasteiger partial charge in [0.05, 0.1) is 24.6 Å². The van der Waals surface area contributed by atoms with Crippen molar-refractivity contribution in [1.29, 1.82) is 0 Å². The molecular weight excluding hydrogens is 321 g/mol. The second-order valence-corrected chi connectivity index (χ2v) is 6.18. The van der Waals surface area contributed by atoms with Gasteiger partial charge in [-0.2, -0.15) is 0 Å². The number of hydrogen-bond acceptors (Lipinski definition) is 3. The van der Waals surface area contributed by atoms with Gasteiger partial charge in [0, 0.05) is 37.7 Å². The zero-order valence-electron chi connectivity index (χ0n) is 13.9. The quantitative estimate of drug-likeness (QED) is 0.798. The van der Waals surface area contributed by atoms with Gasteiger partial charge in [-0.15, -0.1) is 0 Å². The van der Waals surface area contributed by atoms with Gasteiger partial charge in [0.2, 0.25) is 5.91 Å². The van der Waals surface area contributed by atoms with Crippen LogP contribution in [0.4, 0.5) is 4.39 Å². The highest BCUT2D eigenvalue weighted by atomic mass is 19.1. The molecule has 1 aromatic carbocycles. The number of carbonyl (C=O) groups excluding carboxylic acids is 1. The fourth-order valence-corrected chi connectivity index (χ4v) is 3.09. The second kappa shape index (κ2) is 6.29. The van der Waals surface area contributed by atoms with Crippen LogP contribution in [-0.2, 0) is 29.1 Å². The molecule has 1 aliphatic heterocycles. The normalized spacial score (nSPS) is 13.7. The van der Waals surface area contributed by atoms with Crippen molar-refractivity contribution in [1.82, 2.24) is 14.7 Å². The molecule has 0 saturated carbocycles. The monoisotopic (exact) mass is 339 g/mol. The lowest BCUT2D eigenvalue weighted by molar-refractivity contribution is -0.119. The van der Waals surface area contributed by atoms with Crippen LogP contribution in [0.25, 0.3) is 16.8 Å². The molecule has 6 heteroatoms. The molecular formula is C19H18FN3O2. The molecule has 25 heavy (non-hydrogen) atoms. The van der Waals surface area contributed by atoms with Crippen LogP contribution in [0.5, 0.6) is 0 Å². The Kier molecular flexibility index (Phi) is 3.97. The first kappa shape index (κ1) is 15.8. The number of aromatic nitrogens is 2. The average molecular weight is 339 g/mol. The molecule has 4 rings (SSSR count). The minimum Gasteiger partial charge on any atom is -0.375 e. The van der Waals surface area contributed by atoms with E-state index < -0.39 is 0 Å². The Balaban J connectivity index is 1.70. The molecule has 128 valence electrons. The first-order chi connectivity index (χ1) is 12.1. The summed E-state index contributed by atoms with van der Waals surface area (Å²) < 4.78 is 22.0. The van der Waals surface area contributed by atoms with Gasteiger partial charge >= 0.3 is 0 Å². The number of carbonyl (C=O) groups is 1. The van der Waals surface area contributed by atoms with Crippen molar-refractivity contribution in [3.05, 3.63) is 59.3 Å². The molecule has 0 saturated heterocycles. The van der Waals surface area contributed by atoms with Crippen LogP contribution in [0.3, 0.4) is 0 Å². The first-order valence-corrected chi connectivity index (χ1v) is 8.22. The molecule has 0 unspecified atom stereocenters. The zero-order chi connectivity index (χ0) is 17.4. The molecule has 0 radical (unpaired) electrons. The summed E-state index contributed by atoms with van der Waals surface area (Å²) in [6.07, 6.45) is 2.54. The van der Waals surface area contributed by atoms with Gasteiger partial charge in [-0.3, -0.25) is 4.79 Å². The van der Waals surface area contributed by atoms with E-state index in [2.05, 4.69) is 10.3 Å². The third kappa shape index (κ3) is 3.00. The molecule has 0 fully saturated rings. The minimum absolute atomic E-state index is 0.0762. The van der Waals surface area contributed by atoms with Crippen LogP contribution < -0.4 is 5.32 Å². The smallest absolute Gasteiger partial charge is 0.217 e. The van der Waals surface area contributed by atoms with E-state index >= 15 is 0 Å². The van der Waals surface area contributed by atoms with Crippen molar-refractivity contribution < 1.29 is 13.9 Å². The molecule has 1 N–H and O–H groups in total. The highest BCUT2D eigenvalue weighted by molar-refractivity contribution is 5.73. The summed E-state index contributed by atoms with van der Waals surface area (Å²) >= 11 is 0. The lowest BCUT2D eigenvalue weighted by atomic mass is 10.0. The third-order valence-corrected chi connectivity index (χ3v) is 4.42. The average Bonchev–Trinajstić information content (AvgIpc) is 2.97.